The Balaban J connectivity index is 4.07. The maximum absolute atomic E-state index is 11.7. The molecule has 0 aliphatic carbocycles. The smallest absolute Gasteiger partial charge is 0.390 e. The summed E-state index contributed by atoms with van der Waals surface area (Å²) in [6.07, 6.45) is -4.91. The molecule has 16 heavy (non-hydrogen) atoms. The van der Waals surface area contributed by atoms with Gasteiger partial charge in [0.15, 0.2) is 0 Å². The van der Waals surface area contributed by atoms with E-state index < -0.39 is 36.9 Å². The topological polar surface area (TPSA) is 66.4 Å². The number of hydrogen-bond donors (Lipinski definition) is 2. The van der Waals surface area contributed by atoms with E-state index in [-0.39, 0.29) is 6.42 Å². The van der Waals surface area contributed by atoms with E-state index >= 15 is 0 Å². The summed E-state index contributed by atoms with van der Waals surface area (Å²) in [6.45, 7) is 1.11. The summed E-state index contributed by atoms with van der Waals surface area (Å²) >= 11 is 0. The summed E-state index contributed by atoms with van der Waals surface area (Å²) in [5.41, 5.74) is 0. The molecule has 0 rings (SSSR count). The van der Waals surface area contributed by atoms with Crippen LogP contribution in [0.15, 0.2) is 0 Å². The molecule has 0 aliphatic heterocycles. The van der Waals surface area contributed by atoms with Crippen molar-refractivity contribution in [3.05, 3.63) is 0 Å². The summed E-state index contributed by atoms with van der Waals surface area (Å²) in [5, 5.41) is 10.6. The van der Waals surface area contributed by atoms with Crippen LogP contribution in [0.5, 0.6) is 0 Å². The monoisotopic (exact) mass is 241 g/mol. The van der Waals surface area contributed by atoms with Crippen molar-refractivity contribution in [2.45, 2.75) is 32.4 Å². The number of aliphatic carboxylic acids is 1. The molecule has 1 atom stereocenters. The van der Waals surface area contributed by atoms with Gasteiger partial charge in [-0.2, -0.15) is 13.2 Å². The van der Waals surface area contributed by atoms with Gasteiger partial charge in [0, 0.05) is 6.54 Å². The Morgan fingerprint density at radius 2 is 1.94 bits per heavy atom. The lowest BCUT2D eigenvalue weighted by molar-refractivity contribution is -0.147. The number of carbonyl (C=O) groups is 2. The average Bonchev–Trinajstić information content (AvgIpc) is 2.11. The van der Waals surface area contributed by atoms with Crippen LogP contribution in [0.4, 0.5) is 13.2 Å². The first kappa shape index (κ1) is 14.7. The molecule has 0 aliphatic rings. The second-order valence-electron chi connectivity index (χ2n) is 3.34. The highest BCUT2D eigenvalue weighted by atomic mass is 19.4. The van der Waals surface area contributed by atoms with Crippen LogP contribution in [0.2, 0.25) is 0 Å². The molecular weight excluding hydrogens is 227 g/mol. The maximum Gasteiger partial charge on any atom is 0.390 e. The first-order valence-electron chi connectivity index (χ1n) is 4.85. The summed E-state index contributed by atoms with van der Waals surface area (Å²) in [6, 6.07) is 0. The molecule has 4 nitrogen and oxygen atoms in total. The van der Waals surface area contributed by atoms with E-state index in [1.54, 1.807) is 6.92 Å². The van der Waals surface area contributed by atoms with Crippen LogP contribution in [0.3, 0.4) is 0 Å². The maximum atomic E-state index is 11.7. The van der Waals surface area contributed by atoms with Gasteiger partial charge in [0.05, 0.1) is 6.42 Å². The molecule has 0 radical (unpaired) electrons. The first-order chi connectivity index (χ1) is 7.28. The Morgan fingerprint density at radius 3 is 2.31 bits per heavy atom. The number of halogens is 3. The van der Waals surface area contributed by atoms with Crippen LogP contribution in [0, 0.1) is 5.92 Å². The molecule has 0 aromatic rings. The second-order valence-corrected chi connectivity index (χ2v) is 3.34. The summed E-state index contributed by atoms with van der Waals surface area (Å²) in [7, 11) is 0. The quantitative estimate of drug-likeness (QED) is 0.693. The van der Waals surface area contributed by atoms with Gasteiger partial charge in [0.25, 0.3) is 0 Å². The SMILES string of the molecule is CCCC(C(=O)O)C(=O)NCCC(F)(F)F. The minimum Gasteiger partial charge on any atom is -0.481 e. The lowest BCUT2D eigenvalue weighted by Gasteiger charge is -2.12. The fourth-order valence-electron chi connectivity index (χ4n) is 1.11. The number of alkyl halides is 3. The molecule has 0 heterocycles. The largest absolute Gasteiger partial charge is 0.481 e. The number of carboxylic acid groups (broad SMARTS) is 1. The van der Waals surface area contributed by atoms with Crippen molar-refractivity contribution >= 4 is 11.9 Å². The van der Waals surface area contributed by atoms with Crippen LogP contribution < -0.4 is 5.32 Å². The van der Waals surface area contributed by atoms with E-state index in [2.05, 4.69) is 0 Å². The van der Waals surface area contributed by atoms with E-state index in [1.165, 1.54) is 0 Å². The number of carboxylic acids is 1. The van der Waals surface area contributed by atoms with Gasteiger partial charge in [-0.15, -0.1) is 0 Å². The van der Waals surface area contributed by atoms with Crippen LogP contribution in [-0.4, -0.2) is 29.7 Å². The van der Waals surface area contributed by atoms with Crippen molar-refractivity contribution in [2.24, 2.45) is 5.92 Å². The third-order valence-corrected chi connectivity index (χ3v) is 1.90. The Hall–Kier alpha value is -1.27. The van der Waals surface area contributed by atoms with Crippen molar-refractivity contribution < 1.29 is 27.9 Å². The standard InChI is InChI=1S/C9H14F3NO3/c1-2-3-6(8(15)16)7(14)13-5-4-9(10,11)12/h6H,2-5H2,1H3,(H,13,14)(H,15,16). The molecule has 0 bridgehead atoms. The van der Waals surface area contributed by atoms with E-state index in [9.17, 15) is 22.8 Å². The van der Waals surface area contributed by atoms with Gasteiger partial charge in [-0.1, -0.05) is 13.3 Å². The highest BCUT2D eigenvalue weighted by Gasteiger charge is 2.29. The predicted molar refractivity (Wildman–Crippen MR) is 49.7 cm³/mol. The molecule has 1 amide bonds. The molecule has 0 spiro atoms. The molecule has 1 unspecified atom stereocenters. The molecular formula is C9H14F3NO3. The Morgan fingerprint density at radius 1 is 1.38 bits per heavy atom. The third kappa shape index (κ3) is 6.26. The molecule has 94 valence electrons. The van der Waals surface area contributed by atoms with Crippen molar-refractivity contribution in [3.8, 4) is 0 Å². The normalized spacial score (nSPS) is 13.2. The number of carbonyl (C=O) groups excluding carboxylic acids is 1. The lowest BCUT2D eigenvalue weighted by Crippen LogP contribution is -2.37. The van der Waals surface area contributed by atoms with Crippen LogP contribution >= 0.6 is 0 Å². The molecule has 0 saturated carbocycles. The van der Waals surface area contributed by atoms with E-state index in [0.29, 0.717) is 6.42 Å². The van der Waals surface area contributed by atoms with Crippen molar-refractivity contribution in [2.75, 3.05) is 6.54 Å². The van der Waals surface area contributed by atoms with E-state index in [1.807, 2.05) is 5.32 Å². The Bertz CT molecular complexity index is 253. The van der Waals surface area contributed by atoms with Crippen LogP contribution in [0.25, 0.3) is 0 Å². The summed E-state index contributed by atoms with van der Waals surface area (Å²) in [4.78, 5) is 21.8. The molecule has 2 N–H and O–H groups in total. The Kier molecular flexibility index (Phi) is 5.84. The highest BCUT2D eigenvalue weighted by Crippen LogP contribution is 2.18. The predicted octanol–water partition coefficient (Wildman–Crippen LogP) is 1.56. The van der Waals surface area contributed by atoms with Gasteiger partial charge >= 0.3 is 12.1 Å². The average molecular weight is 241 g/mol. The number of rotatable bonds is 6. The summed E-state index contributed by atoms with van der Waals surface area (Å²) in [5.74, 6) is -3.44. The molecule has 0 fully saturated rings. The van der Waals surface area contributed by atoms with Gasteiger partial charge < -0.3 is 10.4 Å². The summed E-state index contributed by atoms with van der Waals surface area (Å²) < 4.78 is 35.2. The van der Waals surface area contributed by atoms with Gasteiger partial charge in [0.1, 0.15) is 5.92 Å². The van der Waals surface area contributed by atoms with Gasteiger partial charge in [-0.25, -0.2) is 0 Å². The van der Waals surface area contributed by atoms with Crippen molar-refractivity contribution in [3.63, 3.8) is 0 Å². The minimum absolute atomic E-state index is 0.118. The van der Waals surface area contributed by atoms with E-state index in [0.717, 1.165) is 0 Å². The fraction of sp³-hybridized carbons (Fsp3) is 0.778. The van der Waals surface area contributed by atoms with Crippen molar-refractivity contribution in [1.29, 1.82) is 0 Å². The first-order valence-corrected chi connectivity index (χ1v) is 4.85. The molecule has 0 aromatic heterocycles. The Labute approximate surface area is 90.8 Å². The fourth-order valence-corrected chi connectivity index (χ4v) is 1.11. The minimum atomic E-state index is -4.35. The van der Waals surface area contributed by atoms with Gasteiger partial charge in [-0.05, 0) is 6.42 Å². The van der Waals surface area contributed by atoms with Gasteiger partial charge in [-0.3, -0.25) is 9.59 Å². The third-order valence-electron chi connectivity index (χ3n) is 1.90. The number of nitrogens with one attached hydrogen (secondary N) is 1. The lowest BCUT2D eigenvalue weighted by atomic mass is 10.0. The van der Waals surface area contributed by atoms with Gasteiger partial charge in [0.2, 0.25) is 5.91 Å². The zero-order valence-corrected chi connectivity index (χ0v) is 8.80. The number of amides is 1. The highest BCUT2D eigenvalue weighted by molar-refractivity contribution is 5.96. The number of hydrogen-bond acceptors (Lipinski definition) is 2. The molecule has 7 heteroatoms. The zero-order valence-electron chi connectivity index (χ0n) is 8.80. The van der Waals surface area contributed by atoms with E-state index in [4.69, 9.17) is 5.11 Å². The van der Waals surface area contributed by atoms with Crippen LogP contribution in [-0.2, 0) is 9.59 Å². The molecule has 0 aromatic carbocycles. The molecule has 0 saturated heterocycles. The van der Waals surface area contributed by atoms with Crippen molar-refractivity contribution in [1.82, 2.24) is 5.32 Å². The van der Waals surface area contributed by atoms with Crippen LogP contribution in [0.1, 0.15) is 26.2 Å². The zero-order chi connectivity index (χ0) is 12.8. The second kappa shape index (κ2) is 6.34.